The Labute approximate surface area is 113 Å². The minimum Gasteiger partial charge on any atom is -0.433 e. The molecule has 0 fully saturated rings. The van der Waals surface area contributed by atoms with E-state index in [2.05, 4.69) is 15.0 Å². The molecule has 0 amide bonds. The van der Waals surface area contributed by atoms with Crippen LogP contribution in [0, 0.1) is 0 Å². The van der Waals surface area contributed by atoms with Gasteiger partial charge in [0.2, 0.25) is 0 Å². The van der Waals surface area contributed by atoms with Crippen molar-refractivity contribution < 1.29 is 13.5 Å². The summed E-state index contributed by atoms with van der Waals surface area (Å²) in [6, 6.07) is 6.37. The van der Waals surface area contributed by atoms with Gasteiger partial charge in [-0.1, -0.05) is 24.3 Å². The summed E-state index contributed by atoms with van der Waals surface area (Å²) in [6.45, 7) is -0.967. The highest BCUT2D eigenvalue weighted by molar-refractivity contribution is 6.20. The number of aromatic nitrogens is 3. The standard InChI is InChI=1S/C12H12ClF2N3O/c1-2-8(13)9-7-18(17-16-9)10-5-3-4-6-11(10)19-12(14)15/h3-8,12H,2H2,1H3. The van der Waals surface area contributed by atoms with Gasteiger partial charge < -0.3 is 4.74 Å². The molecular formula is C12H12ClF2N3O. The maximum Gasteiger partial charge on any atom is 0.387 e. The number of ether oxygens (including phenoxy) is 1. The topological polar surface area (TPSA) is 39.9 Å². The van der Waals surface area contributed by atoms with Crippen molar-refractivity contribution in [1.82, 2.24) is 15.0 Å². The molecular weight excluding hydrogens is 276 g/mol. The van der Waals surface area contributed by atoms with Crippen LogP contribution in [0.25, 0.3) is 5.69 Å². The van der Waals surface area contributed by atoms with Crippen molar-refractivity contribution in [1.29, 1.82) is 0 Å². The molecule has 7 heteroatoms. The third-order valence-corrected chi connectivity index (χ3v) is 3.05. The van der Waals surface area contributed by atoms with Crippen LogP contribution < -0.4 is 4.74 Å². The lowest BCUT2D eigenvalue weighted by Gasteiger charge is -2.09. The summed E-state index contributed by atoms with van der Waals surface area (Å²) in [5.74, 6) is 0.0385. The first-order valence-electron chi connectivity index (χ1n) is 5.72. The van der Waals surface area contributed by atoms with Gasteiger partial charge in [0.15, 0.2) is 5.75 Å². The van der Waals surface area contributed by atoms with Crippen molar-refractivity contribution in [3.63, 3.8) is 0 Å². The maximum atomic E-state index is 12.3. The molecule has 102 valence electrons. The molecule has 1 aromatic heterocycles. The number of halogens is 3. The number of benzene rings is 1. The molecule has 1 unspecified atom stereocenters. The van der Waals surface area contributed by atoms with Crippen LogP contribution in [-0.2, 0) is 0 Å². The maximum absolute atomic E-state index is 12.3. The molecule has 0 aliphatic rings. The third kappa shape index (κ3) is 3.20. The number of hydrogen-bond acceptors (Lipinski definition) is 3. The lowest BCUT2D eigenvalue weighted by molar-refractivity contribution is -0.0499. The first-order valence-corrected chi connectivity index (χ1v) is 6.16. The van der Waals surface area contributed by atoms with Crippen LogP contribution >= 0.6 is 11.6 Å². The molecule has 1 heterocycles. The van der Waals surface area contributed by atoms with E-state index in [-0.39, 0.29) is 11.1 Å². The summed E-state index contributed by atoms with van der Waals surface area (Å²) in [5.41, 5.74) is 0.984. The van der Waals surface area contributed by atoms with Crippen LogP contribution in [0.2, 0.25) is 0 Å². The fraction of sp³-hybridized carbons (Fsp3) is 0.333. The van der Waals surface area contributed by atoms with E-state index in [0.29, 0.717) is 17.8 Å². The van der Waals surface area contributed by atoms with Crippen molar-refractivity contribution in [2.45, 2.75) is 25.3 Å². The van der Waals surface area contributed by atoms with E-state index in [0.717, 1.165) is 0 Å². The van der Waals surface area contributed by atoms with Crippen LogP contribution in [-0.4, -0.2) is 21.6 Å². The highest BCUT2D eigenvalue weighted by atomic mass is 35.5. The molecule has 0 radical (unpaired) electrons. The molecule has 19 heavy (non-hydrogen) atoms. The first kappa shape index (κ1) is 13.7. The zero-order chi connectivity index (χ0) is 13.8. The predicted octanol–water partition coefficient (Wildman–Crippen LogP) is 3.56. The van der Waals surface area contributed by atoms with Crippen molar-refractivity contribution in [2.24, 2.45) is 0 Å². The zero-order valence-electron chi connectivity index (χ0n) is 10.1. The highest BCUT2D eigenvalue weighted by Crippen LogP contribution is 2.26. The first-order chi connectivity index (χ1) is 9.11. The van der Waals surface area contributed by atoms with Gasteiger partial charge in [0.05, 0.1) is 11.6 Å². The van der Waals surface area contributed by atoms with Gasteiger partial charge in [-0.3, -0.25) is 0 Å². The number of para-hydroxylation sites is 2. The lowest BCUT2D eigenvalue weighted by Crippen LogP contribution is -2.06. The summed E-state index contributed by atoms with van der Waals surface area (Å²) in [4.78, 5) is 0. The van der Waals surface area contributed by atoms with E-state index < -0.39 is 6.61 Å². The van der Waals surface area contributed by atoms with Crippen LogP contribution in [0.3, 0.4) is 0 Å². The Kier molecular flexibility index (Phi) is 4.31. The Morgan fingerprint density at radius 3 is 2.79 bits per heavy atom. The number of nitrogens with zero attached hydrogens (tertiary/aromatic N) is 3. The molecule has 2 aromatic rings. The van der Waals surface area contributed by atoms with Crippen molar-refractivity contribution in [3.05, 3.63) is 36.2 Å². The van der Waals surface area contributed by atoms with Crippen molar-refractivity contribution in [3.8, 4) is 11.4 Å². The Morgan fingerprint density at radius 2 is 2.11 bits per heavy atom. The predicted molar refractivity (Wildman–Crippen MR) is 66.9 cm³/mol. The largest absolute Gasteiger partial charge is 0.433 e. The average molecular weight is 288 g/mol. The van der Waals surface area contributed by atoms with Crippen molar-refractivity contribution >= 4 is 11.6 Å². The number of alkyl halides is 3. The van der Waals surface area contributed by atoms with Crippen LogP contribution in [0.1, 0.15) is 24.4 Å². The lowest BCUT2D eigenvalue weighted by atomic mass is 10.2. The van der Waals surface area contributed by atoms with Crippen LogP contribution in [0.15, 0.2) is 30.5 Å². The molecule has 0 aliphatic heterocycles. The van der Waals surface area contributed by atoms with Crippen molar-refractivity contribution in [2.75, 3.05) is 0 Å². The fourth-order valence-electron chi connectivity index (χ4n) is 1.59. The Morgan fingerprint density at radius 1 is 1.37 bits per heavy atom. The SMILES string of the molecule is CCC(Cl)c1cn(-c2ccccc2OC(F)F)nn1. The van der Waals surface area contributed by atoms with Gasteiger partial charge in [0.25, 0.3) is 0 Å². The fourth-order valence-corrected chi connectivity index (χ4v) is 1.69. The molecule has 2 rings (SSSR count). The van der Waals surface area contributed by atoms with E-state index >= 15 is 0 Å². The molecule has 0 saturated carbocycles. The molecule has 0 spiro atoms. The molecule has 1 atom stereocenters. The van der Waals surface area contributed by atoms with Gasteiger partial charge in [0, 0.05) is 0 Å². The van der Waals surface area contributed by atoms with Gasteiger partial charge in [-0.25, -0.2) is 4.68 Å². The molecule has 4 nitrogen and oxygen atoms in total. The minimum absolute atomic E-state index is 0.0385. The van der Waals surface area contributed by atoms with E-state index in [4.69, 9.17) is 11.6 Å². The second-order valence-electron chi connectivity index (χ2n) is 3.81. The van der Waals surface area contributed by atoms with Gasteiger partial charge in [-0.15, -0.1) is 16.7 Å². The Hall–Kier alpha value is -1.69. The van der Waals surface area contributed by atoms with E-state index in [1.54, 1.807) is 24.4 Å². The minimum atomic E-state index is -2.89. The summed E-state index contributed by atoms with van der Waals surface area (Å²) in [6.07, 6.45) is 2.31. The summed E-state index contributed by atoms with van der Waals surface area (Å²) in [7, 11) is 0. The molecule has 0 bridgehead atoms. The molecule has 0 saturated heterocycles. The number of hydrogen-bond donors (Lipinski definition) is 0. The van der Waals surface area contributed by atoms with E-state index in [1.165, 1.54) is 10.7 Å². The Bertz CT molecular complexity index is 547. The number of rotatable bonds is 5. The monoisotopic (exact) mass is 287 g/mol. The van der Waals surface area contributed by atoms with E-state index in [9.17, 15) is 8.78 Å². The van der Waals surface area contributed by atoms with Gasteiger partial charge >= 0.3 is 6.61 Å². The second kappa shape index (κ2) is 5.97. The molecule has 1 aromatic carbocycles. The third-order valence-electron chi connectivity index (χ3n) is 2.52. The van der Waals surface area contributed by atoms with Gasteiger partial charge in [-0.2, -0.15) is 8.78 Å². The smallest absolute Gasteiger partial charge is 0.387 e. The second-order valence-corrected chi connectivity index (χ2v) is 4.34. The summed E-state index contributed by atoms with van der Waals surface area (Å²) >= 11 is 6.05. The Balaban J connectivity index is 2.33. The van der Waals surface area contributed by atoms with Gasteiger partial charge in [0.1, 0.15) is 11.4 Å². The highest BCUT2D eigenvalue weighted by Gasteiger charge is 2.14. The summed E-state index contributed by atoms with van der Waals surface area (Å²) in [5, 5.41) is 7.55. The van der Waals surface area contributed by atoms with Crippen LogP contribution in [0.5, 0.6) is 5.75 Å². The quantitative estimate of drug-likeness (QED) is 0.790. The van der Waals surface area contributed by atoms with Gasteiger partial charge in [-0.05, 0) is 18.6 Å². The molecule has 0 N–H and O–H groups in total. The normalized spacial score (nSPS) is 12.7. The molecule has 0 aliphatic carbocycles. The zero-order valence-corrected chi connectivity index (χ0v) is 10.9. The average Bonchev–Trinajstić information content (AvgIpc) is 2.87. The summed E-state index contributed by atoms with van der Waals surface area (Å²) < 4.78 is 30.4. The van der Waals surface area contributed by atoms with E-state index in [1.807, 2.05) is 6.92 Å². The van der Waals surface area contributed by atoms with Crippen LogP contribution in [0.4, 0.5) is 8.78 Å².